The van der Waals surface area contributed by atoms with E-state index in [2.05, 4.69) is 4.90 Å². The molecule has 15 heavy (non-hydrogen) atoms. The molecule has 0 saturated carbocycles. The van der Waals surface area contributed by atoms with E-state index in [-0.39, 0.29) is 0 Å². The van der Waals surface area contributed by atoms with Gasteiger partial charge in [0.25, 0.3) is 0 Å². The predicted molar refractivity (Wildman–Crippen MR) is 60.8 cm³/mol. The number of rotatable bonds is 6. The SMILES string of the molecule is CC(=O)C1CCN(CCCCCO)CC1. The third-order valence-corrected chi connectivity index (χ3v) is 3.29. The molecule has 1 aliphatic heterocycles. The molecule has 3 nitrogen and oxygen atoms in total. The zero-order valence-electron chi connectivity index (χ0n) is 9.74. The first kappa shape index (κ1) is 12.7. The number of carbonyl (C=O) groups excluding carboxylic acids is 1. The van der Waals surface area contributed by atoms with Gasteiger partial charge < -0.3 is 10.0 Å². The van der Waals surface area contributed by atoms with Crippen LogP contribution in [0.3, 0.4) is 0 Å². The molecule has 1 heterocycles. The molecule has 0 aliphatic carbocycles. The summed E-state index contributed by atoms with van der Waals surface area (Å²) in [7, 11) is 0. The van der Waals surface area contributed by atoms with Crippen LogP contribution in [0.5, 0.6) is 0 Å². The van der Waals surface area contributed by atoms with Crippen molar-refractivity contribution in [3.63, 3.8) is 0 Å². The Morgan fingerprint density at radius 2 is 1.93 bits per heavy atom. The van der Waals surface area contributed by atoms with E-state index < -0.39 is 0 Å². The van der Waals surface area contributed by atoms with Crippen molar-refractivity contribution in [1.82, 2.24) is 4.90 Å². The van der Waals surface area contributed by atoms with Crippen LogP contribution in [0.25, 0.3) is 0 Å². The number of carbonyl (C=O) groups is 1. The number of piperidine rings is 1. The van der Waals surface area contributed by atoms with Crippen LogP contribution in [0.15, 0.2) is 0 Å². The summed E-state index contributed by atoms with van der Waals surface area (Å²) in [5, 5.41) is 8.65. The van der Waals surface area contributed by atoms with E-state index in [1.807, 2.05) is 0 Å². The van der Waals surface area contributed by atoms with Crippen LogP contribution in [0.2, 0.25) is 0 Å². The minimum absolute atomic E-state index is 0.312. The summed E-state index contributed by atoms with van der Waals surface area (Å²) in [5.41, 5.74) is 0. The van der Waals surface area contributed by atoms with Gasteiger partial charge in [-0.1, -0.05) is 0 Å². The number of aliphatic hydroxyl groups is 1. The van der Waals surface area contributed by atoms with Gasteiger partial charge in [0.15, 0.2) is 0 Å². The number of likely N-dealkylation sites (tertiary alicyclic amines) is 1. The van der Waals surface area contributed by atoms with Crippen molar-refractivity contribution in [3.8, 4) is 0 Å². The highest BCUT2D eigenvalue weighted by Gasteiger charge is 2.21. The smallest absolute Gasteiger partial charge is 0.133 e. The van der Waals surface area contributed by atoms with E-state index >= 15 is 0 Å². The Morgan fingerprint density at radius 3 is 2.47 bits per heavy atom. The van der Waals surface area contributed by atoms with E-state index in [4.69, 9.17) is 5.11 Å². The van der Waals surface area contributed by atoms with Gasteiger partial charge in [0.1, 0.15) is 5.78 Å². The fraction of sp³-hybridized carbons (Fsp3) is 0.917. The maximum Gasteiger partial charge on any atom is 0.133 e. The van der Waals surface area contributed by atoms with Crippen molar-refractivity contribution < 1.29 is 9.90 Å². The average Bonchev–Trinajstić information content (AvgIpc) is 2.25. The summed E-state index contributed by atoms with van der Waals surface area (Å²) in [5.74, 6) is 0.675. The molecule has 1 fully saturated rings. The molecule has 0 unspecified atom stereocenters. The minimum atomic E-state index is 0.312. The molecule has 0 atom stereocenters. The lowest BCUT2D eigenvalue weighted by molar-refractivity contribution is -0.122. The zero-order valence-corrected chi connectivity index (χ0v) is 9.74. The molecule has 0 spiro atoms. The van der Waals surface area contributed by atoms with Gasteiger partial charge in [-0.3, -0.25) is 4.79 Å². The Bertz CT molecular complexity index is 186. The molecule has 0 aromatic rings. The van der Waals surface area contributed by atoms with E-state index in [0.717, 1.165) is 45.3 Å². The highest BCUT2D eigenvalue weighted by molar-refractivity contribution is 5.78. The lowest BCUT2D eigenvalue weighted by Crippen LogP contribution is -2.36. The molecule has 1 N–H and O–H groups in total. The van der Waals surface area contributed by atoms with Crippen molar-refractivity contribution in [2.24, 2.45) is 5.92 Å². The third kappa shape index (κ3) is 4.76. The second kappa shape index (κ2) is 6.96. The van der Waals surface area contributed by atoms with E-state index in [1.165, 1.54) is 6.42 Å². The molecule has 0 aromatic carbocycles. The number of unbranched alkanes of at least 4 members (excludes halogenated alkanes) is 2. The fourth-order valence-electron chi connectivity index (χ4n) is 2.19. The van der Waals surface area contributed by atoms with Crippen LogP contribution in [0, 0.1) is 5.92 Å². The van der Waals surface area contributed by atoms with E-state index in [9.17, 15) is 4.79 Å². The number of aliphatic hydroxyl groups excluding tert-OH is 1. The van der Waals surface area contributed by atoms with Crippen LogP contribution in [0.4, 0.5) is 0 Å². The van der Waals surface area contributed by atoms with Crippen molar-refractivity contribution in [2.75, 3.05) is 26.2 Å². The first-order chi connectivity index (χ1) is 7.24. The second-order valence-corrected chi connectivity index (χ2v) is 4.51. The zero-order chi connectivity index (χ0) is 11.1. The Kier molecular flexibility index (Phi) is 5.88. The summed E-state index contributed by atoms with van der Waals surface area (Å²) >= 11 is 0. The van der Waals surface area contributed by atoms with Crippen molar-refractivity contribution in [2.45, 2.75) is 39.0 Å². The molecule has 0 aromatic heterocycles. The van der Waals surface area contributed by atoms with Crippen LogP contribution >= 0.6 is 0 Å². The first-order valence-electron chi connectivity index (χ1n) is 6.07. The van der Waals surface area contributed by atoms with Crippen molar-refractivity contribution >= 4 is 5.78 Å². The van der Waals surface area contributed by atoms with Crippen LogP contribution in [0.1, 0.15) is 39.0 Å². The lowest BCUT2D eigenvalue weighted by Gasteiger charge is -2.30. The Labute approximate surface area is 92.5 Å². The van der Waals surface area contributed by atoms with Crippen molar-refractivity contribution in [3.05, 3.63) is 0 Å². The molecule has 1 saturated heterocycles. The molecule has 3 heteroatoms. The van der Waals surface area contributed by atoms with Crippen LogP contribution in [-0.4, -0.2) is 42.0 Å². The third-order valence-electron chi connectivity index (χ3n) is 3.29. The lowest BCUT2D eigenvalue weighted by atomic mass is 9.93. The average molecular weight is 213 g/mol. The van der Waals surface area contributed by atoms with Gasteiger partial charge in [-0.05, 0) is 58.7 Å². The number of nitrogens with zero attached hydrogens (tertiary/aromatic N) is 1. The number of ketones is 1. The van der Waals surface area contributed by atoms with Crippen LogP contribution in [-0.2, 0) is 4.79 Å². The minimum Gasteiger partial charge on any atom is -0.396 e. The summed E-state index contributed by atoms with van der Waals surface area (Å²) in [6.07, 6.45) is 5.28. The maximum atomic E-state index is 11.2. The van der Waals surface area contributed by atoms with Gasteiger partial charge in [-0.15, -0.1) is 0 Å². The largest absolute Gasteiger partial charge is 0.396 e. The Balaban J connectivity index is 2.07. The standard InChI is InChI=1S/C12H23NO2/c1-11(15)12-5-8-13(9-6-12)7-3-2-4-10-14/h12,14H,2-10H2,1H3. The summed E-state index contributed by atoms with van der Waals surface area (Å²) < 4.78 is 0. The van der Waals surface area contributed by atoms with Crippen molar-refractivity contribution in [1.29, 1.82) is 0 Å². The number of Topliss-reactive ketones (excluding diaryl/α,β-unsaturated/α-hetero) is 1. The normalized spacial score (nSPS) is 19.3. The highest BCUT2D eigenvalue weighted by atomic mass is 16.2. The number of hydrogen-bond acceptors (Lipinski definition) is 3. The molecular formula is C12H23NO2. The fourth-order valence-corrected chi connectivity index (χ4v) is 2.19. The first-order valence-corrected chi connectivity index (χ1v) is 6.07. The topological polar surface area (TPSA) is 40.5 Å². The molecular weight excluding hydrogens is 190 g/mol. The molecule has 0 radical (unpaired) electrons. The summed E-state index contributed by atoms with van der Waals surface area (Å²) in [6.45, 7) is 5.30. The maximum absolute atomic E-state index is 11.2. The quantitative estimate of drug-likeness (QED) is 0.679. The van der Waals surface area contributed by atoms with Crippen LogP contribution < -0.4 is 0 Å². The molecule has 0 amide bonds. The second-order valence-electron chi connectivity index (χ2n) is 4.51. The van der Waals surface area contributed by atoms with Gasteiger partial charge in [0.05, 0.1) is 0 Å². The van der Waals surface area contributed by atoms with Gasteiger partial charge in [-0.25, -0.2) is 0 Å². The van der Waals surface area contributed by atoms with Gasteiger partial charge in [0.2, 0.25) is 0 Å². The molecule has 0 bridgehead atoms. The van der Waals surface area contributed by atoms with Gasteiger partial charge in [-0.2, -0.15) is 0 Å². The van der Waals surface area contributed by atoms with E-state index in [0.29, 0.717) is 18.3 Å². The summed E-state index contributed by atoms with van der Waals surface area (Å²) in [4.78, 5) is 13.6. The van der Waals surface area contributed by atoms with E-state index in [1.54, 1.807) is 6.92 Å². The van der Waals surface area contributed by atoms with Gasteiger partial charge >= 0.3 is 0 Å². The number of hydrogen-bond donors (Lipinski definition) is 1. The predicted octanol–water partition coefficient (Wildman–Crippen LogP) is 1.45. The monoisotopic (exact) mass is 213 g/mol. The molecule has 1 rings (SSSR count). The highest BCUT2D eigenvalue weighted by Crippen LogP contribution is 2.18. The summed E-state index contributed by atoms with van der Waals surface area (Å²) in [6, 6.07) is 0. The Hall–Kier alpha value is -0.410. The Morgan fingerprint density at radius 1 is 1.27 bits per heavy atom. The van der Waals surface area contributed by atoms with Gasteiger partial charge in [0, 0.05) is 12.5 Å². The molecule has 1 aliphatic rings. The molecule has 88 valence electrons.